The van der Waals surface area contributed by atoms with Gasteiger partial charge in [-0.15, -0.1) is 0 Å². The Balaban J connectivity index is 1.28. The number of nitriles is 1. The molecule has 1 aliphatic heterocycles. The van der Waals surface area contributed by atoms with Gasteiger partial charge in [0.2, 0.25) is 11.7 Å². The lowest BCUT2D eigenvalue weighted by atomic mass is 9.59. The van der Waals surface area contributed by atoms with Crippen molar-refractivity contribution >= 4 is 17.6 Å². The van der Waals surface area contributed by atoms with Crippen LogP contribution in [0.5, 0.6) is 5.88 Å². The molecule has 9 heteroatoms. The molecule has 1 amide bonds. The first kappa shape index (κ1) is 22.4. The van der Waals surface area contributed by atoms with E-state index in [4.69, 9.17) is 15.6 Å². The van der Waals surface area contributed by atoms with Crippen LogP contribution < -0.4 is 15.8 Å². The summed E-state index contributed by atoms with van der Waals surface area (Å²) in [6, 6.07) is 2.00. The zero-order valence-electron chi connectivity index (χ0n) is 18.7. The molecule has 2 aliphatic carbocycles. The van der Waals surface area contributed by atoms with E-state index < -0.39 is 6.09 Å². The molecule has 2 heterocycles. The summed E-state index contributed by atoms with van der Waals surface area (Å²) in [5, 5.41) is 21.7. The first-order valence-electron chi connectivity index (χ1n) is 11.9. The normalized spacial score (nSPS) is 21.0. The zero-order chi connectivity index (χ0) is 22.6. The summed E-state index contributed by atoms with van der Waals surface area (Å²) >= 11 is 0. The third-order valence-electron chi connectivity index (χ3n) is 7.80. The van der Waals surface area contributed by atoms with Crippen LogP contribution >= 0.6 is 0 Å². The molecule has 0 aromatic carbocycles. The molecule has 0 bridgehead atoms. The maximum absolute atomic E-state index is 11.0. The van der Waals surface area contributed by atoms with Gasteiger partial charge in [0, 0.05) is 19.6 Å². The number of likely N-dealkylation sites (tertiary alicyclic amines) is 1. The lowest BCUT2D eigenvalue weighted by Gasteiger charge is -2.47. The summed E-state index contributed by atoms with van der Waals surface area (Å²) in [7, 11) is 0. The third-order valence-corrected chi connectivity index (χ3v) is 7.80. The third kappa shape index (κ3) is 5.17. The summed E-state index contributed by atoms with van der Waals surface area (Å²) in [6.45, 7) is 2.34. The number of nitrogens with zero attached hydrogens (tertiary/aromatic N) is 4. The number of carbonyl (C=O) groups is 1. The standard InChI is InChI=1S/C23H34N6O3/c24-14-18-27-20(26-15-17-2-9-23(10-3-17)7-1-8-23)19(25)21(28-18)32-13-6-16-4-11-29(12-5-16)22(30)31/h16-17H,1-13,15,25H2,(H,30,31)(H,26,27,28). The van der Waals surface area contributed by atoms with E-state index in [2.05, 4.69) is 15.3 Å². The SMILES string of the molecule is N#Cc1nc(NCC2CCC3(CCC3)CC2)c(N)c(OCCC2CCN(C(=O)O)CC2)n1. The van der Waals surface area contributed by atoms with Gasteiger partial charge in [0.05, 0.1) is 6.61 Å². The number of piperidine rings is 1. The fourth-order valence-corrected chi connectivity index (χ4v) is 5.39. The first-order valence-corrected chi connectivity index (χ1v) is 11.9. The molecule has 3 fully saturated rings. The van der Waals surface area contributed by atoms with E-state index in [1.165, 1.54) is 49.8 Å². The molecule has 4 N–H and O–H groups in total. The number of aromatic nitrogens is 2. The van der Waals surface area contributed by atoms with Gasteiger partial charge < -0.3 is 25.8 Å². The molecular formula is C23H34N6O3. The summed E-state index contributed by atoms with van der Waals surface area (Å²) in [5.41, 5.74) is 7.26. The monoisotopic (exact) mass is 442 g/mol. The van der Waals surface area contributed by atoms with E-state index in [1.54, 1.807) is 0 Å². The van der Waals surface area contributed by atoms with Gasteiger partial charge in [-0.25, -0.2) is 4.79 Å². The van der Waals surface area contributed by atoms with Crippen LogP contribution in [0, 0.1) is 28.6 Å². The number of amides is 1. The molecule has 1 saturated heterocycles. The highest BCUT2D eigenvalue weighted by Crippen LogP contribution is 2.52. The van der Waals surface area contributed by atoms with Crippen molar-refractivity contribution in [2.24, 2.45) is 17.3 Å². The Labute approximate surface area is 189 Å². The molecule has 4 rings (SSSR count). The fourth-order valence-electron chi connectivity index (χ4n) is 5.39. The van der Waals surface area contributed by atoms with Crippen molar-refractivity contribution in [2.75, 3.05) is 37.3 Å². The highest BCUT2D eigenvalue weighted by atomic mass is 16.5. The van der Waals surface area contributed by atoms with Crippen LogP contribution in [0.2, 0.25) is 0 Å². The molecule has 1 aromatic rings. The minimum Gasteiger partial charge on any atom is -0.476 e. The Morgan fingerprint density at radius 2 is 1.91 bits per heavy atom. The van der Waals surface area contributed by atoms with E-state index >= 15 is 0 Å². The van der Waals surface area contributed by atoms with Gasteiger partial charge in [-0.1, -0.05) is 6.42 Å². The minimum atomic E-state index is -0.853. The van der Waals surface area contributed by atoms with Crippen LogP contribution in [0.3, 0.4) is 0 Å². The van der Waals surface area contributed by atoms with E-state index in [0.29, 0.717) is 48.5 Å². The molecule has 174 valence electrons. The van der Waals surface area contributed by atoms with E-state index in [9.17, 15) is 10.1 Å². The number of hydrogen-bond donors (Lipinski definition) is 3. The number of nitrogen functional groups attached to an aromatic ring is 1. The summed E-state index contributed by atoms with van der Waals surface area (Å²) in [5.74, 6) is 1.78. The van der Waals surface area contributed by atoms with Gasteiger partial charge >= 0.3 is 6.09 Å². The molecule has 1 spiro atoms. The molecule has 2 saturated carbocycles. The summed E-state index contributed by atoms with van der Waals surface area (Å²) < 4.78 is 5.84. The van der Waals surface area contributed by atoms with Gasteiger partial charge in [-0.3, -0.25) is 0 Å². The zero-order valence-corrected chi connectivity index (χ0v) is 18.7. The van der Waals surface area contributed by atoms with Gasteiger partial charge in [0.1, 0.15) is 11.8 Å². The van der Waals surface area contributed by atoms with Crippen LogP contribution in [0.4, 0.5) is 16.3 Å². The number of carboxylic acid groups (broad SMARTS) is 1. The topological polar surface area (TPSA) is 137 Å². The van der Waals surface area contributed by atoms with Gasteiger partial charge in [0.15, 0.2) is 5.82 Å². The molecule has 9 nitrogen and oxygen atoms in total. The Morgan fingerprint density at radius 1 is 1.19 bits per heavy atom. The van der Waals surface area contributed by atoms with Crippen LogP contribution in [-0.4, -0.2) is 52.3 Å². The number of rotatable bonds is 7. The molecular weight excluding hydrogens is 408 g/mol. The predicted octanol–water partition coefficient (Wildman–Crippen LogP) is 3.86. The average Bonchev–Trinajstić information content (AvgIpc) is 2.79. The molecule has 1 aromatic heterocycles. The van der Waals surface area contributed by atoms with Crippen molar-refractivity contribution in [3.05, 3.63) is 5.82 Å². The van der Waals surface area contributed by atoms with Crippen molar-refractivity contribution < 1.29 is 14.6 Å². The van der Waals surface area contributed by atoms with Gasteiger partial charge in [0.25, 0.3) is 0 Å². The molecule has 0 atom stereocenters. The summed E-state index contributed by atoms with van der Waals surface area (Å²) in [6.07, 6.45) is 10.9. The van der Waals surface area contributed by atoms with E-state index in [-0.39, 0.29) is 11.7 Å². The second-order valence-corrected chi connectivity index (χ2v) is 9.75. The van der Waals surface area contributed by atoms with Crippen molar-refractivity contribution in [1.29, 1.82) is 5.26 Å². The van der Waals surface area contributed by atoms with Crippen molar-refractivity contribution in [3.63, 3.8) is 0 Å². The van der Waals surface area contributed by atoms with Gasteiger partial charge in [-0.05, 0) is 75.0 Å². The predicted molar refractivity (Wildman–Crippen MR) is 120 cm³/mol. The van der Waals surface area contributed by atoms with Crippen molar-refractivity contribution in [2.45, 2.75) is 64.2 Å². The van der Waals surface area contributed by atoms with Crippen LogP contribution in [0.25, 0.3) is 0 Å². The Hall–Kier alpha value is -2.76. The number of ether oxygens (including phenoxy) is 1. The molecule has 0 radical (unpaired) electrons. The number of nitrogens with one attached hydrogen (secondary N) is 1. The first-order chi connectivity index (χ1) is 15.5. The number of anilines is 2. The second-order valence-electron chi connectivity index (χ2n) is 9.75. The molecule has 0 unspecified atom stereocenters. The van der Waals surface area contributed by atoms with Gasteiger partial charge in [-0.2, -0.15) is 15.2 Å². The maximum atomic E-state index is 11.0. The Kier molecular flexibility index (Phi) is 6.87. The van der Waals surface area contributed by atoms with Crippen LogP contribution in [0.1, 0.15) is 70.0 Å². The lowest BCUT2D eigenvalue weighted by Crippen LogP contribution is -2.37. The highest BCUT2D eigenvalue weighted by Gasteiger charge is 2.39. The summed E-state index contributed by atoms with van der Waals surface area (Å²) in [4.78, 5) is 20.9. The van der Waals surface area contributed by atoms with Crippen LogP contribution in [-0.2, 0) is 0 Å². The molecule has 3 aliphatic rings. The molecule has 32 heavy (non-hydrogen) atoms. The average molecular weight is 443 g/mol. The van der Waals surface area contributed by atoms with E-state index in [0.717, 1.165) is 25.8 Å². The number of hydrogen-bond acceptors (Lipinski definition) is 7. The second kappa shape index (κ2) is 9.80. The smallest absolute Gasteiger partial charge is 0.407 e. The minimum absolute atomic E-state index is 0.0449. The lowest BCUT2D eigenvalue weighted by molar-refractivity contribution is 0.0581. The van der Waals surface area contributed by atoms with Crippen molar-refractivity contribution in [3.8, 4) is 11.9 Å². The largest absolute Gasteiger partial charge is 0.476 e. The highest BCUT2D eigenvalue weighted by molar-refractivity contribution is 5.67. The van der Waals surface area contributed by atoms with E-state index in [1.807, 2.05) is 6.07 Å². The fraction of sp³-hybridized carbons (Fsp3) is 0.739. The van der Waals surface area contributed by atoms with Crippen LogP contribution in [0.15, 0.2) is 0 Å². The quantitative estimate of drug-likeness (QED) is 0.579. The Bertz CT molecular complexity index is 848. The maximum Gasteiger partial charge on any atom is 0.407 e. The Morgan fingerprint density at radius 3 is 2.50 bits per heavy atom. The van der Waals surface area contributed by atoms with Crippen molar-refractivity contribution in [1.82, 2.24) is 14.9 Å². The number of nitrogens with two attached hydrogens (primary N) is 1.